The summed E-state index contributed by atoms with van der Waals surface area (Å²) in [4.78, 5) is 1.27. The zero-order valence-electron chi connectivity index (χ0n) is 8.08. The average Bonchev–Trinajstić information content (AvgIpc) is 2.18. The Kier molecular flexibility index (Phi) is 4.33. The maximum Gasteiger partial charge on any atom is 0.0534 e. The topological polar surface area (TPSA) is 20.2 Å². The molecule has 0 aromatic heterocycles. The SMILES string of the molecule is CCSc1cccc([C](C)CO)c1. The lowest BCUT2D eigenvalue weighted by Crippen LogP contribution is -1.99. The molecule has 1 rings (SSSR count). The van der Waals surface area contributed by atoms with Crippen molar-refractivity contribution in [2.45, 2.75) is 18.7 Å². The van der Waals surface area contributed by atoms with Gasteiger partial charge in [-0.1, -0.05) is 26.0 Å². The number of aliphatic hydroxyl groups is 1. The zero-order valence-corrected chi connectivity index (χ0v) is 8.90. The van der Waals surface area contributed by atoms with Gasteiger partial charge in [-0.3, -0.25) is 0 Å². The van der Waals surface area contributed by atoms with Gasteiger partial charge in [0.25, 0.3) is 0 Å². The predicted octanol–water partition coefficient (Wildman–Crippen LogP) is 2.73. The van der Waals surface area contributed by atoms with E-state index >= 15 is 0 Å². The second-order valence-electron chi connectivity index (χ2n) is 2.90. The van der Waals surface area contributed by atoms with Crippen molar-refractivity contribution in [2.75, 3.05) is 12.4 Å². The molecule has 1 N–H and O–H groups in total. The zero-order chi connectivity index (χ0) is 9.68. The van der Waals surface area contributed by atoms with Gasteiger partial charge in [0.2, 0.25) is 0 Å². The van der Waals surface area contributed by atoms with Crippen molar-refractivity contribution in [3.63, 3.8) is 0 Å². The Morgan fingerprint density at radius 2 is 2.23 bits per heavy atom. The molecule has 0 heterocycles. The molecular weight excluding hydrogens is 180 g/mol. The molecule has 0 saturated carbocycles. The van der Waals surface area contributed by atoms with Crippen molar-refractivity contribution in [1.82, 2.24) is 0 Å². The van der Waals surface area contributed by atoms with Crippen LogP contribution in [0, 0.1) is 5.92 Å². The Morgan fingerprint density at radius 3 is 2.85 bits per heavy atom. The lowest BCUT2D eigenvalue weighted by Gasteiger charge is -2.08. The molecule has 1 aromatic rings. The highest BCUT2D eigenvalue weighted by molar-refractivity contribution is 7.99. The Hall–Kier alpha value is -0.470. The van der Waals surface area contributed by atoms with E-state index in [1.54, 1.807) is 0 Å². The third kappa shape index (κ3) is 3.05. The summed E-state index contributed by atoms with van der Waals surface area (Å²) in [7, 11) is 0. The molecule has 2 heteroatoms. The highest BCUT2D eigenvalue weighted by Gasteiger charge is 2.04. The van der Waals surface area contributed by atoms with E-state index in [1.807, 2.05) is 30.8 Å². The summed E-state index contributed by atoms with van der Waals surface area (Å²) >= 11 is 1.82. The third-order valence-electron chi connectivity index (χ3n) is 1.88. The summed E-state index contributed by atoms with van der Waals surface area (Å²) in [5, 5.41) is 8.97. The molecule has 1 radical (unpaired) electrons. The van der Waals surface area contributed by atoms with E-state index in [4.69, 9.17) is 5.11 Å². The van der Waals surface area contributed by atoms with Crippen LogP contribution in [0.5, 0.6) is 0 Å². The number of hydrogen-bond donors (Lipinski definition) is 1. The van der Waals surface area contributed by atoms with Crippen LogP contribution < -0.4 is 0 Å². The van der Waals surface area contributed by atoms with Crippen LogP contribution in [0.25, 0.3) is 0 Å². The number of thioether (sulfide) groups is 1. The second-order valence-corrected chi connectivity index (χ2v) is 4.24. The summed E-state index contributed by atoms with van der Waals surface area (Å²) in [6, 6.07) is 8.29. The Balaban J connectivity index is 2.78. The van der Waals surface area contributed by atoms with Crippen LogP contribution in [0.3, 0.4) is 0 Å². The molecular formula is C11H15OS. The van der Waals surface area contributed by atoms with Crippen molar-refractivity contribution in [3.8, 4) is 0 Å². The predicted molar refractivity (Wildman–Crippen MR) is 57.9 cm³/mol. The van der Waals surface area contributed by atoms with E-state index in [1.165, 1.54) is 4.90 Å². The quantitative estimate of drug-likeness (QED) is 0.745. The van der Waals surface area contributed by atoms with Gasteiger partial charge in [-0.2, -0.15) is 0 Å². The van der Waals surface area contributed by atoms with Gasteiger partial charge in [-0.15, -0.1) is 11.8 Å². The molecule has 1 nitrogen and oxygen atoms in total. The van der Waals surface area contributed by atoms with Crippen molar-refractivity contribution in [2.24, 2.45) is 0 Å². The largest absolute Gasteiger partial charge is 0.395 e. The third-order valence-corrected chi connectivity index (χ3v) is 2.75. The summed E-state index contributed by atoms with van der Waals surface area (Å²) in [5.41, 5.74) is 1.14. The molecule has 0 atom stereocenters. The molecule has 0 bridgehead atoms. The molecule has 0 unspecified atom stereocenters. The van der Waals surface area contributed by atoms with Crippen molar-refractivity contribution in [1.29, 1.82) is 0 Å². The monoisotopic (exact) mass is 195 g/mol. The fourth-order valence-corrected chi connectivity index (χ4v) is 1.83. The maximum absolute atomic E-state index is 8.97. The molecule has 0 saturated heterocycles. The van der Waals surface area contributed by atoms with Gasteiger partial charge in [0.05, 0.1) is 6.61 Å². The molecule has 0 aliphatic carbocycles. The van der Waals surface area contributed by atoms with E-state index in [-0.39, 0.29) is 6.61 Å². The van der Waals surface area contributed by atoms with Gasteiger partial charge in [-0.25, -0.2) is 0 Å². The first-order valence-electron chi connectivity index (χ1n) is 4.44. The fraction of sp³-hybridized carbons (Fsp3) is 0.364. The fourth-order valence-electron chi connectivity index (χ4n) is 1.11. The van der Waals surface area contributed by atoms with E-state index in [0.717, 1.165) is 17.2 Å². The smallest absolute Gasteiger partial charge is 0.0534 e. The minimum Gasteiger partial charge on any atom is -0.395 e. The second kappa shape index (κ2) is 5.30. The highest BCUT2D eigenvalue weighted by atomic mass is 32.2. The average molecular weight is 195 g/mol. The Morgan fingerprint density at radius 1 is 1.46 bits per heavy atom. The van der Waals surface area contributed by atoms with Gasteiger partial charge in [0.1, 0.15) is 0 Å². The molecule has 0 amide bonds. The number of rotatable bonds is 4. The van der Waals surface area contributed by atoms with Crippen LogP contribution in [0.1, 0.15) is 19.4 Å². The van der Waals surface area contributed by atoms with Crippen LogP contribution in [0.2, 0.25) is 0 Å². The first-order valence-corrected chi connectivity index (χ1v) is 5.43. The van der Waals surface area contributed by atoms with Crippen LogP contribution in [-0.4, -0.2) is 17.5 Å². The summed E-state index contributed by atoms with van der Waals surface area (Å²) in [5.74, 6) is 2.11. The van der Waals surface area contributed by atoms with E-state index in [2.05, 4.69) is 19.1 Å². The van der Waals surface area contributed by atoms with Gasteiger partial charge in [-0.05, 0) is 23.4 Å². The van der Waals surface area contributed by atoms with Gasteiger partial charge in [0, 0.05) is 10.8 Å². The van der Waals surface area contributed by atoms with Gasteiger partial charge >= 0.3 is 0 Å². The number of hydrogen-bond acceptors (Lipinski definition) is 2. The van der Waals surface area contributed by atoms with Crippen molar-refractivity contribution < 1.29 is 5.11 Å². The minimum absolute atomic E-state index is 0.139. The van der Waals surface area contributed by atoms with Crippen LogP contribution in [-0.2, 0) is 0 Å². The Bertz CT molecular complexity index is 260. The molecule has 0 fully saturated rings. The van der Waals surface area contributed by atoms with Crippen LogP contribution in [0.4, 0.5) is 0 Å². The molecule has 0 aliphatic rings. The van der Waals surface area contributed by atoms with Crippen LogP contribution in [0.15, 0.2) is 29.2 Å². The first-order chi connectivity index (χ1) is 6.27. The molecule has 13 heavy (non-hydrogen) atoms. The molecule has 0 spiro atoms. The summed E-state index contributed by atoms with van der Waals surface area (Å²) in [6.07, 6.45) is 0. The van der Waals surface area contributed by atoms with Crippen molar-refractivity contribution >= 4 is 11.8 Å². The number of aliphatic hydroxyl groups excluding tert-OH is 1. The van der Waals surface area contributed by atoms with Gasteiger partial charge in [0.15, 0.2) is 0 Å². The van der Waals surface area contributed by atoms with Gasteiger partial charge < -0.3 is 5.11 Å². The lowest BCUT2D eigenvalue weighted by molar-refractivity contribution is 0.315. The molecule has 0 aliphatic heterocycles. The number of benzene rings is 1. The van der Waals surface area contributed by atoms with Crippen LogP contribution >= 0.6 is 11.8 Å². The molecule has 1 aromatic carbocycles. The normalized spacial score (nSPS) is 10.8. The maximum atomic E-state index is 8.97. The van der Waals surface area contributed by atoms with E-state index in [0.29, 0.717) is 0 Å². The summed E-state index contributed by atoms with van der Waals surface area (Å²) in [6.45, 7) is 4.23. The lowest BCUT2D eigenvalue weighted by atomic mass is 10.0. The first kappa shape index (κ1) is 10.6. The standard InChI is InChI=1S/C11H15OS/c1-3-13-11-6-4-5-10(7-11)9(2)8-12/h4-7,12H,3,8H2,1-2H3. The highest BCUT2D eigenvalue weighted by Crippen LogP contribution is 2.22. The summed E-state index contributed by atoms with van der Waals surface area (Å²) < 4.78 is 0. The van der Waals surface area contributed by atoms with E-state index in [9.17, 15) is 0 Å². The minimum atomic E-state index is 0.139. The van der Waals surface area contributed by atoms with Crippen molar-refractivity contribution in [3.05, 3.63) is 35.7 Å². The Labute approximate surface area is 84.2 Å². The molecule has 71 valence electrons. The van der Waals surface area contributed by atoms with E-state index < -0.39 is 0 Å².